The first-order valence-corrected chi connectivity index (χ1v) is 13.8. The van der Waals surface area contributed by atoms with Crippen LogP contribution in [-0.2, 0) is 10.3 Å². The van der Waals surface area contributed by atoms with Crippen molar-refractivity contribution in [2.24, 2.45) is 11.3 Å². The fourth-order valence-corrected chi connectivity index (χ4v) is 5.77. The van der Waals surface area contributed by atoms with Gasteiger partial charge in [0, 0.05) is 61.0 Å². The van der Waals surface area contributed by atoms with Gasteiger partial charge < -0.3 is 19.6 Å². The molecule has 2 aliphatic heterocycles. The summed E-state index contributed by atoms with van der Waals surface area (Å²) in [6.07, 6.45) is 4.93. The normalized spacial score (nSPS) is 19.8. The van der Waals surface area contributed by atoms with E-state index in [9.17, 15) is 9.90 Å². The Morgan fingerprint density at radius 1 is 1.11 bits per heavy atom. The molecule has 0 saturated carbocycles. The number of ether oxygens (including phenoxy) is 1. The average Bonchev–Trinajstić information content (AvgIpc) is 2.85. The molecule has 6 nitrogen and oxygen atoms in total. The van der Waals surface area contributed by atoms with Crippen LogP contribution in [0.1, 0.15) is 82.6 Å². The number of carbonyl (C=O) groups excluding carboxylic acids is 1. The third-order valence-corrected chi connectivity index (χ3v) is 7.83. The first-order chi connectivity index (χ1) is 17.8. The van der Waals surface area contributed by atoms with Gasteiger partial charge in [-0.15, -0.1) is 0 Å². The van der Waals surface area contributed by atoms with Crippen LogP contribution in [0.2, 0.25) is 0 Å². The minimum Gasteiger partial charge on any atom is -0.444 e. The molecule has 2 fully saturated rings. The van der Waals surface area contributed by atoms with Crippen molar-refractivity contribution in [3.05, 3.63) is 65.0 Å². The number of amides is 1. The predicted molar refractivity (Wildman–Crippen MR) is 151 cm³/mol. The summed E-state index contributed by atoms with van der Waals surface area (Å²) in [6, 6.07) is 10.4. The molecule has 1 aromatic heterocycles. The Hall–Kier alpha value is -2.88. The summed E-state index contributed by atoms with van der Waals surface area (Å²) in [5.41, 5.74) is 1.70. The Bertz CT molecular complexity index is 1190. The van der Waals surface area contributed by atoms with Crippen molar-refractivity contribution in [2.75, 3.05) is 33.2 Å². The molecule has 1 atom stereocenters. The second-order valence-electron chi connectivity index (χ2n) is 12.7. The van der Waals surface area contributed by atoms with Gasteiger partial charge in [0.1, 0.15) is 11.2 Å². The summed E-state index contributed by atoms with van der Waals surface area (Å²) in [4.78, 5) is 20.9. The maximum atomic E-state index is 12.4. The summed E-state index contributed by atoms with van der Waals surface area (Å²) < 4.78 is 5.51. The fourth-order valence-electron chi connectivity index (χ4n) is 5.77. The molecule has 6 heteroatoms. The number of carbonyl (C=O) groups is 1. The lowest BCUT2D eigenvalue weighted by Gasteiger charge is -2.55. The van der Waals surface area contributed by atoms with E-state index >= 15 is 0 Å². The number of likely N-dealkylation sites (tertiary alicyclic amines) is 2. The number of rotatable bonds is 4. The number of aliphatic hydroxyl groups is 1. The van der Waals surface area contributed by atoms with Crippen LogP contribution < -0.4 is 0 Å². The first kappa shape index (κ1) is 28.1. The van der Waals surface area contributed by atoms with Crippen LogP contribution in [0.4, 0.5) is 4.79 Å². The summed E-state index contributed by atoms with van der Waals surface area (Å²) >= 11 is 0. The van der Waals surface area contributed by atoms with Crippen molar-refractivity contribution in [1.82, 2.24) is 14.8 Å². The number of aromatic nitrogens is 1. The van der Waals surface area contributed by atoms with Crippen molar-refractivity contribution in [2.45, 2.75) is 71.5 Å². The zero-order chi connectivity index (χ0) is 27.7. The molecular weight excluding hydrogens is 474 g/mol. The van der Waals surface area contributed by atoms with Crippen LogP contribution in [-0.4, -0.2) is 64.8 Å². The topological polar surface area (TPSA) is 65.9 Å². The van der Waals surface area contributed by atoms with Gasteiger partial charge in [0.2, 0.25) is 0 Å². The lowest BCUT2D eigenvalue weighted by atomic mass is 9.62. The van der Waals surface area contributed by atoms with Crippen molar-refractivity contribution in [1.29, 1.82) is 0 Å². The van der Waals surface area contributed by atoms with Gasteiger partial charge in [0.25, 0.3) is 0 Å². The van der Waals surface area contributed by atoms with Crippen LogP contribution in [0, 0.1) is 23.2 Å². The van der Waals surface area contributed by atoms with Gasteiger partial charge in [-0.3, -0.25) is 4.98 Å². The monoisotopic (exact) mass is 517 g/mol. The summed E-state index contributed by atoms with van der Waals surface area (Å²) in [5, 5.41) is 12.4. The van der Waals surface area contributed by atoms with E-state index in [1.54, 1.807) is 17.3 Å². The first-order valence-electron chi connectivity index (χ1n) is 13.8. The zero-order valence-corrected chi connectivity index (χ0v) is 24.0. The Kier molecular flexibility index (Phi) is 7.93. The Morgan fingerprint density at radius 2 is 1.74 bits per heavy atom. The van der Waals surface area contributed by atoms with Crippen LogP contribution in [0.15, 0.2) is 42.7 Å². The molecule has 0 radical (unpaired) electrons. The number of nitrogens with zero attached hydrogens (tertiary/aromatic N) is 3. The smallest absolute Gasteiger partial charge is 0.410 e. The van der Waals surface area contributed by atoms with E-state index in [1.807, 2.05) is 26.8 Å². The molecule has 0 bridgehead atoms. The second-order valence-corrected chi connectivity index (χ2v) is 12.7. The number of hydrogen-bond donors (Lipinski definition) is 1. The Morgan fingerprint density at radius 3 is 2.29 bits per heavy atom. The molecule has 1 unspecified atom stereocenters. The van der Waals surface area contributed by atoms with Gasteiger partial charge in [-0.25, -0.2) is 4.79 Å². The maximum absolute atomic E-state index is 12.4. The summed E-state index contributed by atoms with van der Waals surface area (Å²) in [7, 11) is 2.08. The van der Waals surface area contributed by atoms with E-state index in [0.717, 1.165) is 42.6 Å². The van der Waals surface area contributed by atoms with E-state index in [2.05, 4.69) is 73.8 Å². The molecule has 0 spiro atoms. The summed E-state index contributed by atoms with van der Waals surface area (Å²) in [6.45, 7) is 15.0. The highest BCUT2D eigenvalue weighted by atomic mass is 16.6. The van der Waals surface area contributed by atoms with Gasteiger partial charge in [-0.2, -0.15) is 0 Å². The molecule has 2 aliphatic rings. The molecule has 1 amide bonds. The van der Waals surface area contributed by atoms with Crippen molar-refractivity contribution in [3.8, 4) is 11.8 Å². The minimum atomic E-state index is -1.18. The lowest BCUT2D eigenvalue weighted by molar-refractivity contribution is -0.127. The zero-order valence-electron chi connectivity index (χ0n) is 24.0. The quantitative estimate of drug-likeness (QED) is 0.551. The molecular formula is C32H43N3O3. The van der Waals surface area contributed by atoms with Crippen LogP contribution >= 0.6 is 0 Å². The van der Waals surface area contributed by atoms with Crippen LogP contribution in [0.25, 0.3) is 0 Å². The minimum absolute atomic E-state index is 0.206. The molecule has 0 aliphatic carbocycles. The van der Waals surface area contributed by atoms with E-state index < -0.39 is 11.2 Å². The molecule has 3 heterocycles. The van der Waals surface area contributed by atoms with Gasteiger partial charge in [-0.05, 0) is 63.8 Å². The molecule has 4 rings (SSSR count). The lowest BCUT2D eigenvalue weighted by Crippen LogP contribution is -2.63. The Labute approximate surface area is 228 Å². The van der Waals surface area contributed by atoms with E-state index in [4.69, 9.17) is 4.74 Å². The third-order valence-electron chi connectivity index (χ3n) is 7.83. The highest BCUT2D eigenvalue weighted by Gasteiger charge is 2.55. The number of benzene rings is 1. The SMILES string of the molecule is CC(C)c1ccc(C(O)(c2cncc(C#CC3CCN(C(=O)OC(C)(C)C)CC3)c2)C2(C)CN(C)C2)cc1. The van der Waals surface area contributed by atoms with Crippen molar-refractivity contribution < 1.29 is 14.6 Å². The van der Waals surface area contributed by atoms with Crippen molar-refractivity contribution >= 4 is 6.09 Å². The molecule has 1 N–H and O–H groups in total. The number of hydrogen-bond acceptors (Lipinski definition) is 5. The van der Waals surface area contributed by atoms with E-state index in [0.29, 0.717) is 19.0 Å². The van der Waals surface area contributed by atoms with Crippen LogP contribution in [0.3, 0.4) is 0 Å². The van der Waals surface area contributed by atoms with Crippen molar-refractivity contribution in [3.63, 3.8) is 0 Å². The molecule has 2 aromatic rings. The largest absolute Gasteiger partial charge is 0.444 e. The fraction of sp³-hybridized carbons (Fsp3) is 0.562. The highest BCUT2D eigenvalue weighted by molar-refractivity contribution is 5.68. The van der Waals surface area contributed by atoms with Crippen LogP contribution in [0.5, 0.6) is 0 Å². The summed E-state index contributed by atoms with van der Waals surface area (Å²) in [5.74, 6) is 7.35. The van der Waals surface area contributed by atoms with E-state index in [-0.39, 0.29) is 17.4 Å². The molecule has 38 heavy (non-hydrogen) atoms. The Balaban J connectivity index is 1.54. The number of pyridine rings is 1. The predicted octanol–water partition coefficient (Wildman–Crippen LogP) is 5.39. The highest BCUT2D eigenvalue weighted by Crippen LogP contribution is 2.50. The number of piperidine rings is 1. The molecule has 1 aromatic carbocycles. The molecule has 204 valence electrons. The van der Waals surface area contributed by atoms with Gasteiger partial charge in [-0.1, -0.05) is 56.9 Å². The van der Waals surface area contributed by atoms with Gasteiger partial charge in [0.15, 0.2) is 0 Å². The maximum Gasteiger partial charge on any atom is 0.410 e. The van der Waals surface area contributed by atoms with Gasteiger partial charge >= 0.3 is 6.09 Å². The average molecular weight is 518 g/mol. The van der Waals surface area contributed by atoms with Gasteiger partial charge in [0.05, 0.1) is 0 Å². The third kappa shape index (κ3) is 5.90. The molecule has 2 saturated heterocycles. The second kappa shape index (κ2) is 10.7. The standard InChI is InChI=1S/C32H43N3O3/c1-23(2)26-10-12-27(13-11-26)32(37,31(6)21-34(7)22-31)28-18-25(19-33-20-28)9-8-24-14-16-35(17-15-24)29(36)38-30(3,4)5/h10-13,18-20,23-24,37H,14-17,21-22H2,1-7H3. The van der Waals surface area contributed by atoms with E-state index in [1.165, 1.54) is 5.56 Å².